The maximum absolute atomic E-state index is 12.0. The van der Waals surface area contributed by atoms with Gasteiger partial charge in [0, 0.05) is 18.9 Å². The van der Waals surface area contributed by atoms with Crippen molar-refractivity contribution >= 4 is 11.6 Å². The molecule has 80 valence electrons. The molecule has 2 rings (SSSR count). The molecule has 0 saturated heterocycles. The van der Waals surface area contributed by atoms with E-state index in [2.05, 4.69) is 9.97 Å². The van der Waals surface area contributed by atoms with Crippen molar-refractivity contribution in [3.63, 3.8) is 0 Å². The largest absolute Gasteiger partial charge is 0.310 e. The summed E-state index contributed by atoms with van der Waals surface area (Å²) in [6, 6.07) is 11.0. The highest BCUT2D eigenvalue weighted by Crippen LogP contribution is 2.13. The number of hydrogen-bond acceptors (Lipinski definition) is 3. The second-order valence-electron chi connectivity index (χ2n) is 3.29. The molecule has 1 heterocycles. The van der Waals surface area contributed by atoms with E-state index in [4.69, 9.17) is 0 Å². The molecule has 0 N–H and O–H groups in total. The number of rotatable bonds is 2. The minimum atomic E-state index is -0.145. The third-order valence-electron chi connectivity index (χ3n) is 2.25. The molecule has 0 aliphatic carbocycles. The van der Waals surface area contributed by atoms with Gasteiger partial charge in [0.2, 0.25) is 0 Å². The molecule has 1 aromatic heterocycles. The lowest BCUT2D eigenvalue weighted by molar-refractivity contribution is 0.0988. The third kappa shape index (κ3) is 2.06. The summed E-state index contributed by atoms with van der Waals surface area (Å²) in [6.45, 7) is 0. The lowest BCUT2D eigenvalue weighted by Gasteiger charge is -2.16. The van der Waals surface area contributed by atoms with Gasteiger partial charge in [0.1, 0.15) is 12.0 Å². The minimum Gasteiger partial charge on any atom is -0.310 e. The quantitative estimate of drug-likeness (QED) is 0.763. The molecule has 0 unspecified atom stereocenters. The van der Waals surface area contributed by atoms with E-state index < -0.39 is 0 Å². The lowest BCUT2D eigenvalue weighted by Crippen LogP contribution is -2.26. The third-order valence-corrected chi connectivity index (χ3v) is 2.25. The number of benzene rings is 1. The van der Waals surface area contributed by atoms with Gasteiger partial charge in [-0.3, -0.25) is 4.79 Å². The molecule has 2 aromatic rings. The monoisotopic (exact) mass is 213 g/mol. The van der Waals surface area contributed by atoms with Crippen molar-refractivity contribution < 1.29 is 4.79 Å². The summed E-state index contributed by atoms with van der Waals surface area (Å²) in [7, 11) is 1.72. The Hall–Kier alpha value is -2.23. The molecule has 4 nitrogen and oxygen atoms in total. The number of anilines is 1. The zero-order chi connectivity index (χ0) is 11.4. The van der Waals surface area contributed by atoms with Crippen molar-refractivity contribution in [2.24, 2.45) is 0 Å². The Morgan fingerprint density at radius 3 is 2.56 bits per heavy atom. The molecule has 0 aliphatic rings. The Morgan fingerprint density at radius 2 is 1.94 bits per heavy atom. The van der Waals surface area contributed by atoms with E-state index in [-0.39, 0.29) is 5.91 Å². The number of amides is 1. The molecule has 0 fully saturated rings. The average molecular weight is 213 g/mol. The molecular weight excluding hydrogens is 202 g/mol. The number of aromatic nitrogens is 2. The Labute approximate surface area is 93.6 Å². The fourth-order valence-corrected chi connectivity index (χ4v) is 1.36. The van der Waals surface area contributed by atoms with E-state index in [1.807, 2.05) is 30.3 Å². The second kappa shape index (κ2) is 4.53. The summed E-state index contributed by atoms with van der Waals surface area (Å²) in [4.78, 5) is 21.2. The zero-order valence-corrected chi connectivity index (χ0v) is 8.87. The fourth-order valence-electron chi connectivity index (χ4n) is 1.36. The van der Waals surface area contributed by atoms with Crippen LogP contribution in [-0.2, 0) is 0 Å². The maximum Gasteiger partial charge on any atom is 0.276 e. The number of hydrogen-bond donors (Lipinski definition) is 0. The maximum atomic E-state index is 12.0. The Kier molecular flexibility index (Phi) is 2.91. The van der Waals surface area contributed by atoms with Crippen LogP contribution < -0.4 is 4.90 Å². The Balaban J connectivity index is 2.24. The van der Waals surface area contributed by atoms with Crippen LogP contribution in [0.4, 0.5) is 5.69 Å². The van der Waals surface area contributed by atoms with Gasteiger partial charge in [-0.1, -0.05) is 18.2 Å². The van der Waals surface area contributed by atoms with Crippen molar-refractivity contribution in [1.82, 2.24) is 9.97 Å². The van der Waals surface area contributed by atoms with E-state index in [1.165, 1.54) is 6.33 Å². The van der Waals surface area contributed by atoms with Crippen LogP contribution >= 0.6 is 0 Å². The molecule has 1 aromatic carbocycles. The first-order chi connectivity index (χ1) is 7.79. The summed E-state index contributed by atoms with van der Waals surface area (Å²) in [5.41, 5.74) is 1.23. The van der Waals surface area contributed by atoms with Crippen LogP contribution in [-0.4, -0.2) is 22.9 Å². The van der Waals surface area contributed by atoms with Gasteiger partial charge in [0.15, 0.2) is 0 Å². The van der Waals surface area contributed by atoms with Crippen LogP contribution in [0.3, 0.4) is 0 Å². The molecule has 0 atom stereocenters. The molecule has 0 radical (unpaired) electrons. The van der Waals surface area contributed by atoms with Gasteiger partial charge < -0.3 is 4.90 Å². The standard InChI is InChI=1S/C12H11N3O/c1-15(10-5-3-2-4-6-10)12(16)11-7-8-13-9-14-11/h2-9H,1H3. The topological polar surface area (TPSA) is 46.1 Å². The minimum absolute atomic E-state index is 0.145. The van der Waals surface area contributed by atoms with Crippen LogP contribution in [0.1, 0.15) is 10.5 Å². The average Bonchev–Trinajstić information content (AvgIpc) is 2.39. The number of carbonyl (C=O) groups excluding carboxylic acids is 1. The molecule has 0 bridgehead atoms. The highest BCUT2D eigenvalue weighted by Gasteiger charge is 2.13. The van der Waals surface area contributed by atoms with Crippen molar-refractivity contribution in [2.75, 3.05) is 11.9 Å². The first-order valence-electron chi connectivity index (χ1n) is 4.88. The SMILES string of the molecule is CN(C(=O)c1ccncn1)c1ccccc1. The van der Waals surface area contributed by atoms with E-state index in [0.717, 1.165) is 5.69 Å². The lowest BCUT2D eigenvalue weighted by atomic mass is 10.2. The van der Waals surface area contributed by atoms with Crippen molar-refractivity contribution in [2.45, 2.75) is 0 Å². The first kappa shape index (κ1) is 10.3. The predicted molar refractivity (Wildman–Crippen MR) is 61.2 cm³/mol. The van der Waals surface area contributed by atoms with Crippen molar-refractivity contribution in [3.05, 3.63) is 54.6 Å². The summed E-state index contributed by atoms with van der Waals surface area (Å²) in [5.74, 6) is -0.145. The van der Waals surface area contributed by atoms with Crippen LogP contribution in [0.25, 0.3) is 0 Å². The van der Waals surface area contributed by atoms with Gasteiger partial charge >= 0.3 is 0 Å². The van der Waals surface area contributed by atoms with E-state index in [1.54, 1.807) is 24.2 Å². The van der Waals surface area contributed by atoms with Gasteiger partial charge in [-0.05, 0) is 18.2 Å². The zero-order valence-electron chi connectivity index (χ0n) is 8.87. The number of nitrogens with zero attached hydrogens (tertiary/aromatic N) is 3. The predicted octanol–water partition coefficient (Wildman–Crippen LogP) is 1.75. The highest BCUT2D eigenvalue weighted by atomic mass is 16.2. The fraction of sp³-hybridized carbons (Fsp3) is 0.0833. The summed E-state index contributed by atoms with van der Waals surface area (Å²) in [5, 5.41) is 0. The highest BCUT2D eigenvalue weighted by molar-refractivity contribution is 6.04. The van der Waals surface area contributed by atoms with E-state index in [9.17, 15) is 4.79 Å². The van der Waals surface area contributed by atoms with Gasteiger partial charge in [-0.2, -0.15) is 0 Å². The summed E-state index contributed by atoms with van der Waals surface area (Å²) in [6.07, 6.45) is 2.92. The molecule has 0 aliphatic heterocycles. The van der Waals surface area contributed by atoms with E-state index in [0.29, 0.717) is 5.69 Å². The molecule has 4 heteroatoms. The van der Waals surface area contributed by atoms with Crippen molar-refractivity contribution in [1.29, 1.82) is 0 Å². The molecule has 1 amide bonds. The van der Waals surface area contributed by atoms with Crippen molar-refractivity contribution in [3.8, 4) is 0 Å². The van der Waals surface area contributed by atoms with Gasteiger partial charge in [0.05, 0.1) is 0 Å². The molecule has 0 saturated carbocycles. The Bertz CT molecular complexity index is 470. The smallest absolute Gasteiger partial charge is 0.276 e. The second-order valence-corrected chi connectivity index (χ2v) is 3.29. The van der Waals surface area contributed by atoms with Crippen LogP contribution in [0.15, 0.2) is 48.9 Å². The number of para-hydroxylation sites is 1. The molecule has 16 heavy (non-hydrogen) atoms. The normalized spacial score (nSPS) is 9.81. The van der Waals surface area contributed by atoms with Gasteiger partial charge in [-0.25, -0.2) is 9.97 Å². The molecular formula is C12H11N3O. The first-order valence-corrected chi connectivity index (χ1v) is 4.88. The van der Waals surface area contributed by atoms with Crippen LogP contribution in [0, 0.1) is 0 Å². The van der Waals surface area contributed by atoms with Crippen LogP contribution in [0.5, 0.6) is 0 Å². The van der Waals surface area contributed by atoms with Gasteiger partial charge in [0.25, 0.3) is 5.91 Å². The van der Waals surface area contributed by atoms with Gasteiger partial charge in [-0.15, -0.1) is 0 Å². The number of carbonyl (C=O) groups is 1. The van der Waals surface area contributed by atoms with E-state index >= 15 is 0 Å². The van der Waals surface area contributed by atoms with Crippen LogP contribution in [0.2, 0.25) is 0 Å². The Morgan fingerprint density at radius 1 is 1.19 bits per heavy atom. The molecule has 0 spiro atoms. The summed E-state index contributed by atoms with van der Waals surface area (Å²) >= 11 is 0. The summed E-state index contributed by atoms with van der Waals surface area (Å²) < 4.78 is 0.